The Morgan fingerprint density at radius 2 is 2.14 bits per heavy atom. The van der Waals surface area contributed by atoms with E-state index in [4.69, 9.17) is 10.8 Å². The first-order chi connectivity index (χ1) is 6.15. The molecule has 0 aliphatic heterocycles. The third-order valence-corrected chi connectivity index (χ3v) is 1.70. The van der Waals surface area contributed by atoms with Crippen molar-refractivity contribution in [3.05, 3.63) is 35.1 Å². The molecule has 0 aliphatic rings. The Kier molecular flexibility index (Phi) is 5.12. The minimum atomic E-state index is -1.25. The van der Waals surface area contributed by atoms with E-state index in [1.165, 1.54) is 12.1 Å². The average molecular weight is 220 g/mol. The second kappa shape index (κ2) is 5.57. The standard InChI is InChI=1S/C9H10FNO2.ClH/c10-8-5-6(3-4-11)1-2-7(8)9(12)13;/h1-2,5H,3-4,11H2,(H,12,13);1H. The zero-order valence-corrected chi connectivity index (χ0v) is 8.18. The summed E-state index contributed by atoms with van der Waals surface area (Å²) in [5, 5.41) is 8.52. The lowest BCUT2D eigenvalue weighted by molar-refractivity contribution is 0.0692. The van der Waals surface area contributed by atoms with Crippen LogP contribution in [0.1, 0.15) is 15.9 Å². The van der Waals surface area contributed by atoms with Crippen molar-refractivity contribution in [1.82, 2.24) is 0 Å². The van der Waals surface area contributed by atoms with Gasteiger partial charge in [-0.1, -0.05) is 6.07 Å². The van der Waals surface area contributed by atoms with Crippen LogP contribution in [-0.2, 0) is 6.42 Å². The van der Waals surface area contributed by atoms with E-state index in [1.807, 2.05) is 0 Å². The SMILES string of the molecule is Cl.NCCc1ccc(C(=O)O)c(F)c1. The molecule has 78 valence electrons. The maximum atomic E-state index is 13.0. The maximum absolute atomic E-state index is 13.0. The van der Waals surface area contributed by atoms with Gasteiger partial charge in [-0.25, -0.2) is 9.18 Å². The molecule has 1 aromatic rings. The predicted molar refractivity (Wildman–Crippen MR) is 53.4 cm³/mol. The molecule has 1 aromatic carbocycles. The van der Waals surface area contributed by atoms with Crippen LogP contribution < -0.4 is 5.73 Å². The Balaban J connectivity index is 0.00000169. The first-order valence-corrected chi connectivity index (χ1v) is 3.87. The highest BCUT2D eigenvalue weighted by atomic mass is 35.5. The number of hydrogen-bond acceptors (Lipinski definition) is 2. The summed E-state index contributed by atoms with van der Waals surface area (Å²) in [5.74, 6) is -1.96. The van der Waals surface area contributed by atoms with E-state index in [1.54, 1.807) is 6.07 Å². The van der Waals surface area contributed by atoms with Gasteiger partial charge in [0.1, 0.15) is 5.82 Å². The van der Waals surface area contributed by atoms with Gasteiger partial charge in [0.15, 0.2) is 0 Å². The normalized spacial score (nSPS) is 9.29. The van der Waals surface area contributed by atoms with Crippen LogP contribution in [0.25, 0.3) is 0 Å². The Morgan fingerprint density at radius 3 is 2.57 bits per heavy atom. The number of aromatic carboxylic acids is 1. The molecular formula is C9H11ClFNO2. The summed E-state index contributed by atoms with van der Waals surface area (Å²) in [6, 6.07) is 4.03. The number of rotatable bonds is 3. The highest BCUT2D eigenvalue weighted by Gasteiger charge is 2.09. The molecule has 0 heterocycles. The van der Waals surface area contributed by atoms with E-state index >= 15 is 0 Å². The molecule has 0 unspecified atom stereocenters. The molecule has 5 heteroatoms. The summed E-state index contributed by atoms with van der Waals surface area (Å²) in [7, 11) is 0. The van der Waals surface area contributed by atoms with Gasteiger partial charge in [-0.3, -0.25) is 0 Å². The van der Waals surface area contributed by atoms with Crippen LogP contribution in [0.5, 0.6) is 0 Å². The molecule has 0 aliphatic carbocycles. The molecule has 0 atom stereocenters. The van der Waals surface area contributed by atoms with E-state index in [9.17, 15) is 9.18 Å². The lowest BCUT2D eigenvalue weighted by Gasteiger charge is -2.01. The van der Waals surface area contributed by atoms with Crippen LogP contribution in [-0.4, -0.2) is 17.6 Å². The third kappa shape index (κ3) is 2.97. The monoisotopic (exact) mass is 219 g/mol. The summed E-state index contributed by atoms with van der Waals surface area (Å²) in [5.41, 5.74) is 5.68. The van der Waals surface area contributed by atoms with Crippen molar-refractivity contribution in [3.8, 4) is 0 Å². The Labute approximate surface area is 87.1 Å². The van der Waals surface area contributed by atoms with Crippen molar-refractivity contribution < 1.29 is 14.3 Å². The van der Waals surface area contributed by atoms with Crippen LogP contribution in [0.4, 0.5) is 4.39 Å². The number of benzene rings is 1. The van der Waals surface area contributed by atoms with E-state index in [0.717, 1.165) is 0 Å². The molecule has 0 amide bonds. The van der Waals surface area contributed by atoms with Crippen LogP contribution in [0.15, 0.2) is 18.2 Å². The van der Waals surface area contributed by atoms with Crippen molar-refractivity contribution in [2.75, 3.05) is 6.54 Å². The fourth-order valence-corrected chi connectivity index (χ4v) is 1.05. The molecular weight excluding hydrogens is 209 g/mol. The Hall–Kier alpha value is -1.13. The molecule has 0 spiro atoms. The average Bonchev–Trinajstić information content (AvgIpc) is 2.04. The molecule has 0 fully saturated rings. The fourth-order valence-electron chi connectivity index (χ4n) is 1.05. The van der Waals surface area contributed by atoms with Crippen LogP contribution >= 0.6 is 12.4 Å². The Morgan fingerprint density at radius 1 is 1.50 bits per heavy atom. The van der Waals surface area contributed by atoms with E-state index < -0.39 is 11.8 Å². The summed E-state index contributed by atoms with van der Waals surface area (Å²) in [6.45, 7) is 0.422. The second-order valence-corrected chi connectivity index (χ2v) is 2.66. The van der Waals surface area contributed by atoms with E-state index in [-0.39, 0.29) is 18.0 Å². The van der Waals surface area contributed by atoms with Gasteiger partial charge in [0.05, 0.1) is 5.56 Å². The highest BCUT2D eigenvalue weighted by molar-refractivity contribution is 5.87. The summed E-state index contributed by atoms with van der Waals surface area (Å²) < 4.78 is 13.0. The molecule has 0 radical (unpaired) electrons. The molecule has 14 heavy (non-hydrogen) atoms. The summed E-state index contributed by atoms with van der Waals surface area (Å²) in [4.78, 5) is 10.4. The van der Waals surface area contributed by atoms with Crippen LogP contribution in [0.2, 0.25) is 0 Å². The largest absolute Gasteiger partial charge is 0.478 e. The number of hydrogen-bond donors (Lipinski definition) is 2. The number of carbonyl (C=O) groups is 1. The quantitative estimate of drug-likeness (QED) is 0.809. The summed E-state index contributed by atoms with van der Waals surface area (Å²) >= 11 is 0. The topological polar surface area (TPSA) is 63.3 Å². The summed E-state index contributed by atoms with van der Waals surface area (Å²) in [6.07, 6.45) is 0.552. The van der Waals surface area contributed by atoms with Crippen molar-refractivity contribution in [3.63, 3.8) is 0 Å². The molecule has 0 saturated heterocycles. The molecule has 0 saturated carbocycles. The van der Waals surface area contributed by atoms with Crippen LogP contribution in [0.3, 0.4) is 0 Å². The van der Waals surface area contributed by atoms with Gasteiger partial charge in [0, 0.05) is 0 Å². The molecule has 0 bridgehead atoms. The minimum absolute atomic E-state index is 0. The van der Waals surface area contributed by atoms with Crippen molar-refractivity contribution in [1.29, 1.82) is 0 Å². The fraction of sp³-hybridized carbons (Fsp3) is 0.222. The van der Waals surface area contributed by atoms with Crippen molar-refractivity contribution in [2.24, 2.45) is 5.73 Å². The van der Waals surface area contributed by atoms with Crippen molar-refractivity contribution in [2.45, 2.75) is 6.42 Å². The molecule has 3 N–H and O–H groups in total. The highest BCUT2D eigenvalue weighted by Crippen LogP contribution is 2.10. The number of nitrogens with two attached hydrogens (primary N) is 1. The third-order valence-electron chi connectivity index (χ3n) is 1.70. The Bertz CT molecular complexity index is 331. The lowest BCUT2D eigenvalue weighted by Crippen LogP contribution is -2.05. The van der Waals surface area contributed by atoms with Gasteiger partial charge < -0.3 is 10.8 Å². The molecule has 1 rings (SSSR count). The van der Waals surface area contributed by atoms with Gasteiger partial charge in [-0.05, 0) is 30.7 Å². The molecule has 3 nitrogen and oxygen atoms in total. The smallest absolute Gasteiger partial charge is 0.338 e. The first-order valence-electron chi connectivity index (χ1n) is 3.87. The van der Waals surface area contributed by atoms with Gasteiger partial charge in [0.2, 0.25) is 0 Å². The van der Waals surface area contributed by atoms with Gasteiger partial charge in [-0.15, -0.1) is 12.4 Å². The van der Waals surface area contributed by atoms with Gasteiger partial charge in [0.25, 0.3) is 0 Å². The van der Waals surface area contributed by atoms with E-state index in [2.05, 4.69) is 0 Å². The van der Waals surface area contributed by atoms with Crippen molar-refractivity contribution >= 4 is 18.4 Å². The zero-order chi connectivity index (χ0) is 9.84. The lowest BCUT2D eigenvalue weighted by atomic mass is 10.1. The molecule has 0 aromatic heterocycles. The second-order valence-electron chi connectivity index (χ2n) is 2.66. The number of carboxylic acids is 1. The maximum Gasteiger partial charge on any atom is 0.338 e. The number of carboxylic acid groups (broad SMARTS) is 1. The number of halogens is 2. The van der Waals surface area contributed by atoms with Gasteiger partial charge >= 0.3 is 5.97 Å². The first kappa shape index (κ1) is 12.9. The predicted octanol–water partition coefficient (Wildman–Crippen LogP) is 1.45. The van der Waals surface area contributed by atoms with Gasteiger partial charge in [-0.2, -0.15) is 0 Å². The van der Waals surface area contributed by atoms with Crippen LogP contribution in [0, 0.1) is 5.82 Å². The minimum Gasteiger partial charge on any atom is -0.478 e. The zero-order valence-electron chi connectivity index (χ0n) is 7.37. The van der Waals surface area contributed by atoms with E-state index in [0.29, 0.717) is 18.5 Å².